The number of pyridine rings is 1. The maximum absolute atomic E-state index is 13.0. The van der Waals surface area contributed by atoms with E-state index >= 15 is 0 Å². The molecule has 1 saturated heterocycles. The molecule has 126 valence electrons. The lowest BCUT2D eigenvalue weighted by Gasteiger charge is -2.31. The van der Waals surface area contributed by atoms with Crippen LogP contribution < -0.4 is 16.2 Å². The summed E-state index contributed by atoms with van der Waals surface area (Å²) in [7, 11) is 0. The lowest BCUT2D eigenvalue weighted by molar-refractivity contribution is -0.121. The molecule has 5 nitrogen and oxygen atoms in total. The van der Waals surface area contributed by atoms with Crippen molar-refractivity contribution in [3.8, 4) is 0 Å². The average molecular weight is 329 g/mol. The van der Waals surface area contributed by atoms with Gasteiger partial charge in [0.25, 0.3) is 5.56 Å². The minimum absolute atomic E-state index is 0.141. The number of hydrogen-bond donors (Lipinski definition) is 2. The first-order valence-electron chi connectivity index (χ1n) is 8.00. The fourth-order valence-electron chi connectivity index (χ4n) is 2.67. The molecule has 6 heteroatoms. The van der Waals surface area contributed by atoms with E-state index in [2.05, 4.69) is 10.6 Å². The highest BCUT2D eigenvalue weighted by molar-refractivity contribution is 5.92. The van der Waals surface area contributed by atoms with Gasteiger partial charge >= 0.3 is 0 Å². The Morgan fingerprint density at radius 2 is 2.04 bits per heavy atom. The number of rotatable bonds is 5. The highest BCUT2D eigenvalue weighted by Gasteiger charge is 2.29. The van der Waals surface area contributed by atoms with E-state index in [9.17, 15) is 14.0 Å². The molecule has 1 aromatic heterocycles. The van der Waals surface area contributed by atoms with Gasteiger partial charge in [0.05, 0.1) is 6.54 Å². The molecule has 1 fully saturated rings. The average Bonchev–Trinajstić information content (AvgIpc) is 2.51. The molecular weight excluding hydrogens is 309 g/mol. The van der Waals surface area contributed by atoms with Crippen molar-refractivity contribution in [2.75, 3.05) is 18.4 Å². The molecule has 24 heavy (non-hydrogen) atoms. The van der Waals surface area contributed by atoms with Gasteiger partial charge in [0, 0.05) is 12.1 Å². The van der Waals surface area contributed by atoms with Crippen molar-refractivity contribution in [1.82, 2.24) is 9.88 Å². The number of anilines is 1. The van der Waals surface area contributed by atoms with Crippen molar-refractivity contribution in [1.29, 1.82) is 0 Å². The van der Waals surface area contributed by atoms with Crippen LogP contribution in [0.2, 0.25) is 0 Å². The summed E-state index contributed by atoms with van der Waals surface area (Å²) in [5.74, 6) is -0.281. The number of nitrogens with one attached hydrogen (secondary N) is 2. The van der Waals surface area contributed by atoms with E-state index in [-0.39, 0.29) is 28.9 Å². The van der Waals surface area contributed by atoms with Crippen LogP contribution in [0.25, 0.3) is 0 Å². The van der Waals surface area contributed by atoms with Gasteiger partial charge in [-0.05, 0) is 48.8 Å². The zero-order valence-corrected chi connectivity index (χ0v) is 13.5. The maximum Gasteiger partial charge on any atom is 0.274 e. The molecule has 2 N–H and O–H groups in total. The second-order valence-electron chi connectivity index (χ2n) is 6.18. The molecular formula is C18H20FN3O2. The van der Waals surface area contributed by atoms with Gasteiger partial charge < -0.3 is 15.2 Å². The number of nitrogens with zero attached hydrogens (tertiary/aromatic N) is 1. The summed E-state index contributed by atoms with van der Waals surface area (Å²) >= 11 is 0. The molecule has 1 aromatic carbocycles. The Bertz CT molecular complexity index is 782. The third-order valence-electron chi connectivity index (χ3n) is 4.48. The zero-order chi connectivity index (χ0) is 17.1. The van der Waals surface area contributed by atoms with E-state index in [1.165, 1.54) is 16.7 Å². The van der Waals surface area contributed by atoms with Crippen LogP contribution in [-0.2, 0) is 11.3 Å². The molecule has 0 bridgehead atoms. The predicted octanol–water partition coefficient (Wildman–Crippen LogP) is 1.83. The largest absolute Gasteiger partial charge is 0.321 e. The van der Waals surface area contributed by atoms with Crippen LogP contribution in [0.15, 0.2) is 47.4 Å². The summed E-state index contributed by atoms with van der Waals surface area (Å²) in [6, 6.07) is 9.32. The van der Waals surface area contributed by atoms with Crippen molar-refractivity contribution in [2.45, 2.75) is 13.5 Å². The Hall–Kier alpha value is -2.47. The van der Waals surface area contributed by atoms with E-state index in [1.54, 1.807) is 30.5 Å². The van der Waals surface area contributed by atoms with Gasteiger partial charge in [-0.3, -0.25) is 9.59 Å². The Morgan fingerprint density at radius 3 is 2.67 bits per heavy atom. The molecule has 2 heterocycles. The number of aromatic nitrogens is 1. The van der Waals surface area contributed by atoms with E-state index in [1.807, 2.05) is 6.92 Å². The standard InChI is InChI=1S/C18H20FN3O2/c1-12(14-9-20-10-14)17(23)21-16-3-2-8-22(18(16)24)11-13-4-6-15(19)7-5-13/h2-8,12,14,20H,9-11H2,1H3,(H,21,23). The van der Waals surface area contributed by atoms with Gasteiger partial charge in [-0.15, -0.1) is 0 Å². The van der Waals surface area contributed by atoms with Gasteiger partial charge in [0.2, 0.25) is 5.91 Å². The molecule has 1 amide bonds. The van der Waals surface area contributed by atoms with Crippen LogP contribution in [0.5, 0.6) is 0 Å². The number of halogens is 1. The summed E-state index contributed by atoms with van der Waals surface area (Å²) < 4.78 is 14.5. The molecule has 1 aliphatic heterocycles. The van der Waals surface area contributed by atoms with Gasteiger partial charge in [-0.25, -0.2) is 4.39 Å². The third kappa shape index (κ3) is 3.54. The minimum atomic E-state index is -0.313. The van der Waals surface area contributed by atoms with Crippen LogP contribution in [0.3, 0.4) is 0 Å². The molecule has 1 unspecified atom stereocenters. The second-order valence-corrected chi connectivity index (χ2v) is 6.18. The lowest BCUT2D eigenvalue weighted by atomic mass is 9.88. The van der Waals surface area contributed by atoms with E-state index in [4.69, 9.17) is 0 Å². The smallest absolute Gasteiger partial charge is 0.274 e. The SMILES string of the molecule is CC(C(=O)Nc1cccn(Cc2ccc(F)cc2)c1=O)C1CNC1. The number of benzene rings is 1. The number of amides is 1. The fraction of sp³-hybridized carbons (Fsp3) is 0.333. The topological polar surface area (TPSA) is 63.1 Å². The molecule has 1 atom stereocenters. The molecule has 0 radical (unpaired) electrons. The van der Waals surface area contributed by atoms with Crippen molar-refractivity contribution in [3.05, 3.63) is 64.3 Å². The van der Waals surface area contributed by atoms with Crippen molar-refractivity contribution in [2.24, 2.45) is 11.8 Å². The first kappa shape index (κ1) is 16.4. The van der Waals surface area contributed by atoms with E-state index < -0.39 is 0 Å². The highest BCUT2D eigenvalue weighted by Crippen LogP contribution is 2.17. The zero-order valence-electron chi connectivity index (χ0n) is 13.5. The summed E-state index contributed by atoms with van der Waals surface area (Å²) in [6.07, 6.45) is 1.65. The molecule has 3 rings (SSSR count). The molecule has 0 spiro atoms. The monoisotopic (exact) mass is 329 g/mol. The number of carbonyl (C=O) groups excluding carboxylic acids is 1. The number of hydrogen-bond acceptors (Lipinski definition) is 3. The third-order valence-corrected chi connectivity index (χ3v) is 4.48. The van der Waals surface area contributed by atoms with Crippen molar-refractivity contribution < 1.29 is 9.18 Å². The van der Waals surface area contributed by atoms with Crippen LogP contribution in [0.1, 0.15) is 12.5 Å². The van der Waals surface area contributed by atoms with Crippen LogP contribution in [0, 0.1) is 17.7 Å². The molecule has 1 aliphatic rings. The maximum atomic E-state index is 13.0. The van der Waals surface area contributed by atoms with Crippen molar-refractivity contribution >= 4 is 11.6 Å². The second kappa shape index (κ2) is 6.97. The normalized spacial score (nSPS) is 15.6. The van der Waals surface area contributed by atoms with Gasteiger partial charge in [0.15, 0.2) is 0 Å². The Morgan fingerprint density at radius 1 is 1.33 bits per heavy atom. The lowest BCUT2D eigenvalue weighted by Crippen LogP contribution is -2.48. The quantitative estimate of drug-likeness (QED) is 0.880. The van der Waals surface area contributed by atoms with Crippen molar-refractivity contribution in [3.63, 3.8) is 0 Å². The van der Waals surface area contributed by atoms with Crippen LogP contribution in [0.4, 0.5) is 10.1 Å². The van der Waals surface area contributed by atoms with Gasteiger partial charge in [-0.2, -0.15) is 0 Å². The Kier molecular flexibility index (Phi) is 4.76. The Labute approximate surface area is 139 Å². The molecule has 0 aliphatic carbocycles. The highest BCUT2D eigenvalue weighted by atomic mass is 19.1. The fourth-order valence-corrected chi connectivity index (χ4v) is 2.67. The summed E-state index contributed by atoms with van der Waals surface area (Å²) in [4.78, 5) is 24.8. The van der Waals surface area contributed by atoms with Gasteiger partial charge in [0.1, 0.15) is 11.5 Å². The minimum Gasteiger partial charge on any atom is -0.321 e. The van der Waals surface area contributed by atoms with Gasteiger partial charge in [-0.1, -0.05) is 19.1 Å². The van der Waals surface area contributed by atoms with E-state index in [0.717, 1.165) is 18.7 Å². The van der Waals surface area contributed by atoms with E-state index in [0.29, 0.717) is 12.5 Å². The molecule has 2 aromatic rings. The first-order valence-corrected chi connectivity index (χ1v) is 8.00. The van der Waals surface area contributed by atoms with Crippen LogP contribution >= 0.6 is 0 Å². The predicted molar refractivity (Wildman–Crippen MR) is 90.4 cm³/mol. The molecule has 0 saturated carbocycles. The summed E-state index contributed by atoms with van der Waals surface area (Å²) in [5, 5.41) is 5.87. The summed E-state index contributed by atoms with van der Waals surface area (Å²) in [6.45, 7) is 3.86. The number of carbonyl (C=O) groups is 1. The first-order chi connectivity index (χ1) is 11.5. The summed E-state index contributed by atoms with van der Waals surface area (Å²) in [5.41, 5.74) is 0.814. The Balaban J connectivity index is 1.74. The van der Waals surface area contributed by atoms with Crippen LogP contribution in [-0.4, -0.2) is 23.6 Å².